The fraction of sp³-hybridized carbons (Fsp3) is 0.0952. The Bertz CT molecular complexity index is 972. The van der Waals surface area contributed by atoms with Crippen molar-refractivity contribution < 1.29 is 4.79 Å². The molecule has 0 aliphatic carbocycles. The van der Waals surface area contributed by atoms with Crippen LogP contribution in [-0.4, -0.2) is 10.8 Å². The van der Waals surface area contributed by atoms with E-state index in [0.29, 0.717) is 17.1 Å². The van der Waals surface area contributed by atoms with Crippen LogP contribution in [0.2, 0.25) is 5.02 Å². The fourth-order valence-electron chi connectivity index (χ4n) is 3.32. The van der Waals surface area contributed by atoms with Gasteiger partial charge in [-0.3, -0.25) is 4.79 Å². The van der Waals surface area contributed by atoms with E-state index in [2.05, 4.69) is 15.9 Å². The Morgan fingerprint density at radius 3 is 2.27 bits per heavy atom. The SMILES string of the molecule is O=C1c2ccccc2C(Cl)(c2ccc(Cl)cc2)N1Cc1ccc(Br)cc1. The summed E-state index contributed by atoms with van der Waals surface area (Å²) in [6, 6.07) is 22.7. The molecular weight excluding hydrogens is 433 g/mol. The number of carbonyl (C=O) groups is 1. The molecule has 0 saturated heterocycles. The van der Waals surface area contributed by atoms with E-state index in [1.54, 1.807) is 17.0 Å². The maximum absolute atomic E-state index is 13.1. The van der Waals surface area contributed by atoms with Crippen LogP contribution >= 0.6 is 39.1 Å². The van der Waals surface area contributed by atoms with Crippen LogP contribution in [0.5, 0.6) is 0 Å². The van der Waals surface area contributed by atoms with E-state index in [9.17, 15) is 4.79 Å². The van der Waals surface area contributed by atoms with Gasteiger partial charge in [-0.1, -0.05) is 81.6 Å². The van der Waals surface area contributed by atoms with Gasteiger partial charge in [-0.25, -0.2) is 0 Å². The lowest BCUT2D eigenvalue weighted by molar-refractivity contribution is 0.0702. The molecule has 26 heavy (non-hydrogen) atoms. The molecule has 0 saturated carbocycles. The van der Waals surface area contributed by atoms with Crippen molar-refractivity contribution in [1.82, 2.24) is 4.90 Å². The largest absolute Gasteiger partial charge is 0.307 e. The molecule has 2 nitrogen and oxygen atoms in total. The number of fused-ring (bicyclic) bond motifs is 1. The zero-order valence-electron chi connectivity index (χ0n) is 13.6. The number of hydrogen-bond donors (Lipinski definition) is 0. The zero-order valence-corrected chi connectivity index (χ0v) is 16.7. The first kappa shape index (κ1) is 17.6. The molecule has 0 fully saturated rings. The predicted molar refractivity (Wildman–Crippen MR) is 109 cm³/mol. The van der Waals surface area contributed by atoms with Crippen molar-refractivity contribution in [2.24, 2.45) is 0 Å². The molecule has 0 radical (unpaired) electrons. The van der Waals surface area contributed by atoms with Gasteiger partial charge in [-0.15, -0.1) is 0 Å². The van der Waals surface area contributed by atoms with Gasteiger partial charge in [0.15, 0.2) is 5.00 Å². The van der Waals surface area contributed by atoms with Gasteiger partial charge in [0, 0.05) is 27.2 Å². The molecule has 1 amide bonds. The van der Waals surface area contributed by atoms with Gasteiger partial charge in [-0.05, 0) is 41.5 Å². The summed E-state index contributed by atoms with van der Waals surface area (Å²) in [5, 5.41) is 0.631. The monoisotopic (exact) mass is 445 g/mol. The number of rotatable bonds is 3. The average molecular weight is 447 g/mol. The quantitative estimate of drug-likeness (QED) is 0.346. The van der Waals surface area contributed by atoms with Crippen LogP contribution in [0.3, 0.4) is 0 Å². The molecule has 0 aromatic heterocycles. The van der Waals surface area contributed by atoms with Crippen LogP contribution in [0, 0.1) is 0 Å². The van der Waals surface area contributed by atoms with Crippen molar-refractivity contribution in [1.29, 1.82) is 0 Å². The summed E-state index contributed by atoms with van der Waals surface area (Å²) in [4.78, 5) is 13.8. The third-order valence-electron chi connectivity index (χ3n) is 4.61. The Morgan fingerprint density at radius 2 is 1.58 bits per heavy atom. The van der Waals surface area contributed by atoms with E-state index < -0.39 is 5.00 Å². The Morgan fingerprint density at radius 1 is 0.923 bits per heavy atom. The van der Waals surface area contributed by atoms with Crippen molar-refractivity contribution in [3.8, 4) is 0 Å². The van der Waals surface area contributed by atoms with Crippen molar-refractivity contribution >= 4 is 45.0 Å². The van der Waals surface area contributed by atoms with Crippen LogP contribution in [0.1, 0.15) is 27.0 Å². The summed E-state index contributed by atoms with van der Waals surface area (Å²) in [7, 11) is 0. The first-order valence-electron chi connectivity index (χ1n) is 8.11. The van der Waals surface area contributed by atoms with E-state index in [-0.39, 0.29) is 5.91 Å². The standard InChI is InChI=1S/C21H14BrCl2NO/c22-16-9-5-14(6-10-16)13-25-20(26)18-3-1-2-4-19(18)21(25,24)15-7-11-17(23)12-8-15/h1-12H,13H2. The topological polar surface area (TPSA) is 20.3 Å². The second-order valence-electron chi connectivity index (χ2n) is 6.19. The number of benzene rings is 3. The number of amides is 1. The highest BCUT2D eigenvalue weighted by molar-refractivity contribution is 9.10. The predicted octanol–water partition coefficient (Wildman–Crippen LogP) is 6.20. The molecule has 1 heterocycles. The summed E-state index contributed by atoms with van der Waals surface area (Å²) >= 11 is 16.7. The number of alkyl halides is 1. The normalized spacial score (nSPS) is 18.9. The third-order valence-corrected chi connectivity index (χ3v) is 6.02. The number of halogens is 3. The van der Waals surface area contributed by atoms with Crippen LogP contribution in [-0.2, 0) is 11.5 Å². The maximum atomic E-state index is 13.1. The van der Waals surface area contributed by atoms with Crippen LogP contribution in [0.25, 0.3) is 0 Å². The minimum absolute atomic E-state index is 0.0755. The van der Waals surface area contributed by atoms with Crippen molar-refractivity contribution in [3.05, 3.63) is 105 Å². The maximum Gasteiger partial charge on any atom is 0.256 e. The molecule has 1 aliphatic rings. The number of carbonyl (C=O) groups excluding carboxylic acids is 1. The van der Waals surface area contributed by atoms with Crippen molar-refractivity contribution in [2.45, 2.75) is 11.5 Å². The van der Waals surface area contributed by atoms with Crippen LogP contribution in [0.4, 0.5) is 0 Å². The second-order valence-corrected chi connectivity index (χ2v) is 8.09. The molecule has 1 atom stereocenters. The summed E-state index contributed by atoms with van der Waals surface area (Å²) in [5.41, 5.74) is 3.26. The Labute approximate surface area is 170 Å². The van der Waals surface area contributed by atoms with E-state index >= 15 is 0 Å². The molecule has 0 bridgehead atoms. The van der Waals surface area contributed by atoms with Gasteiger partial charge in [0.25, 0.3) is 5.91 Å². The summed E-state index contributed by atoms with van der Waals surface area (Å²) in [6.45, 7) is 0.410. The summed E-state index contributed by atoms with van der Waals surface area (Å²) in [6.07, 6.45) is 0. The van der Waals surface area contributed by atoms with Gasteiger partial charge in [-0.2, -0.15) is 0 Å². The molecule has 3 aromatic rings. The van der Waals surface area contributed by atoms with E-state index in [0.717, 1.165) is 21.2 Å². The lowest BCUT2D eigenvalue weighted by Crippen LogP contribution is -2.39. The van der Waals surface area contributed by atoms with Crippen molar-refractivity contribution in [3.63, 3.8) is 0 Å². The molecule has 130 valence electrons. The first-order valence-corrected chi connectivity index (χ1v) is 9.66. The Balaban J connectivity index is 1.84. The molecule has 0 spiro atoms. The number of nitrogens with zero attached hydrogens (tertiary/aromatic N) is 1. The highest BCUT2D eigenvalue weighted by atomic mass is 79.9. The van der Waals surface area contributed by atoms with Gasteiger partial charge in [0.1, 0.15) is 0 Å². The van der Waals surface area contributed by atoms with Gasteiger partial charge >= 0.3 is 0 Å². The van der Waals surface area contributed by atoms with E-state index in [1.165, 1.54) is 0 Å². The molecule has 1 aliphatic heterocycles. The average Bonchev–Trinajstić information content (AvgIpc) is 2.87. The second kappa shape index (κ2) is 6.73. The first-order chi connectivity index (χ1) is 12.5. The lowest BCUT2D eigenvalue weighted by Gasteiger charge is -2.34. The molecule has 0 N–H and O–H groups in total. The number of hydrogen-bond acceptors (Lipinski definition) is 1. The van der Waals surface area contributed by atoms with Gasteiger partial charge in [0.05, 0.1) is 0 Å². The molecule has 4 rings (SSSR count). The van der Waals surface area contributed by atoms with E-state index in [1.807, 2.05) is 60.7 Å². The van der Waals surface area contributed by atoms with Gasteiger partial charge < -0.3 is 4.90 Å². The minimum Gasteiger partial charge on any atom is -0.307 e. The van der Waals surface area contributed by atoms with E-state index in [4.69, 9.17) is 23.2 Å². The molecular formula is C21H14BrCl2NO. The van der Waals surface area contributed by atoms with Gasteiger partial charge in [0.2, 0.25) is 0 Å². The highest BCUT2D eigenvalue weighted by Crippen LogP contribution is 2.48. The third kappa shape index (κ3) is 2.84. The lowest BCUT2D eigenvalue weighted by atomic mass is 9.97. The summed E-state index contributed by atoms with van der Waals surface area (Å²) in [5.74, 6) is -0.0755. The summed E-state index contributed by atoms with van der Waals surface area (Å²) < 4.78 is 0.993. The highest BCUT2D eigenvalue weighted by Gasteiger charge is 2.49. The fourth-order valence-corrected chi connectivity index (χ4v) is 4.14. The Hall–Kier alpha value is -1.81. The van der Waals surface area contributed by atoms with Crippen LogP contribution in [0.15, 0.2) is 77.3 Å². The zero-order chi connectivity index (χ0) is 18.3. The smallest absolute Gasteiger partial charge is 0.256 e. The molecule has 5 heteroatoms. The molecule has 3 aromatic carbocycles. The minimum atomic E-state index is -1.06. The van der Waals surface area contributed by atoms with Crippen LogP contribution < -0.4 is 0 Å². The van der Waals surface area contributed by atoms with Crippen molar-refractivity contribution in [2.75, 3.05) is 0 Å². The molecule has 1 unspecified atom stereocenters. The Kier molecular flexibility index (Phi) is 4.55.